The Morgan fingerprint density at radius 1 is 1.39 bits per heavy atom. The predicted octanol–water partition coefficient (Wildman–Crippen LogP) is 2.53. The van der Waals surface area contributed by atoms with Gasteiger partial charge in [-0.2, -0.15) is 5.10 Å². The number of pyridine rings is 1. The fourth-order valence-electron chi connectivity index (χ4n) is 1.53. The number of isocyanates is 1. The Morgan fingerprint density at radius 3 is 2.72 bits per heavy atom. The van der Waals surface area contributed by atoms with E-state index in [2.05, 4.69) is 35.8 Å². The van der Waals surface area contributed by atoms with E-state index in [1.165, 1.54) is 0 Å². The number of hydrogen-bond acceptors (Lipinski definition) is 4. The first-order valence-electron chi connectivity index (χ1n) is 5.61. The van der Waals surface area contributed by atoms with Crippen LogP contribution < -0.4 is 0 Å². The highest BCUT2D eigenvalue weighted by atomic mass is 16.1. The van der Waals surface area contributed by atoms with Crippen LogP contribution in [0.2, 0.25) is 0 Å². The van der Waals surface area contributed by atoms with Crippen LogP contribution in [0.4, 0.5) is 5.82 Å². The number of nitrogens with zero attached hydrogens (tertiary/aromatic N) is 4. The second kappa shape index (κ2) is 4.55. The van der Waals surface area contributed by atoms with Crippen LogP contribution in [-0.4, -0.2) is 20.8 Å². The monoisotopic (exact) mass is 242 g/mol. The summed E-state index contributed by atoms with van der Waals surface area (Å²) >= 11 is 0. The summed E-state index contributed by atoms with van der Waals surface area (Å²) in [6.07, 6.45) is 4.90. The Bertz CT molecular complexity index is 589. The molecule has 0 fully saturated rings. The lowest BCUT2D eigenvalue weighted by Gasteiger charge is -2.13. The van der Waals surface area contributed by atoms with Gasteiger partial charge in [0.15, 0.2) is 5.82 Å². The highest BCUT2D eigenvalue weighted by Gasteiger charge is 2.20. The number of rotatable bonds is 2. The zero-order valence-corrected chi connectivity index (χ0v) is 10.6. The molecule has 5 heteroatoms. The second-order valence-corrected chi connectivity index (χ2v) is 4.96. The van der Waals surface area contributed by atoms with E-state index in [0.29, 0.717) is 5.82 Å². The quantitative estimate of drug-likeness (QED) is 0.600. The highest BCUT2D eigenvalue weighted by molar-refractivity contribution is 5.49. The first-order valence-corrected chi connectivity index (χ1v) is 5.61. The molecule has 0 bridgehead atoms. The molecule has 0 amide bonds. The van der Waals surface area contributed by atoms with Crippen molar-refractivity contribution < 1.29 is 4.79 Å². The molecule has 0 atom stereocenters. The smallest absolute Gasteiger partial charge is 0.242 e. The molecule has 92 valence electrons. The van der Waals surface area contributed by atoms with Crippen LogP contribution in [0.25, 0.3) is 5.69 Å². The Morgan fingerprint density at radius 2 is 2.17 bits per heavy atom. The minimum atomic E-state index is -0.111. The minimum absolute atomic E-state index is 0.111. The summed E-state index contributed by atoms with van der Waals surface area (Å²) in [5, 5.41) is 4.47. The van der Waals surface area contributed by atoms with Crippen LogP contribution in [0.5, 0.6) is 0 Å². The van der Waals surface area contributed by atoms with Gasteiger partial charge in [0, 0.05) is 17.7 Å². The molecule has 5 nitrogen and oxygen atoms in total. The molecule has 0 saturated heterocycles. The van der Waals surface area contributed by atoms with E-state index in [9.17, 15) is 4.79 Å². The van der Waals surface area contributed by atoms with Gasteiger partial charge in [-0.15, -0.1) is 4.99 Å². The van der Waals surface area contributed by atoms with Gasteiger partial charge in [-0.3, -0.25) is 4.98 Å². The molecule has 0 aromatic carbocycles. The van der Waals surface area contributed by atoms with Crippen molar-refractivity contribution in [3.63, 3.8) is 0 Å². The van der Waals surface area contributed by atoms with E-state index in [1.54, 1.807) is 29.2 Å². The van der Waals surface area contributed by atoms with E-state index < -0.39 is 0 Å². The third-order valence-corrected chi connectivity index (χ3v) is 2.51. The summed E-state index contributed by atoms with van der Waals surface area (Å²) < 4.78 is 1.60. The van der Waals surface area contributed by atoms with Gasteiger partial charge in [0.2, 0.25) is 6.08 Å². The molecule has 2 rings (SSSR count). The van der Waals surface area contributed by atoms with Crippen LogP contribution in [0, 0.1) is 0 Å². The van der Waals surface area contributed by atoms with E-state index >= 15 is 0 Å². The molecule has 0 unspecified atom stereocenters. The molecule has 0 radical (unpaired) electrons. The van der Waals surface area contributed by atoms with Gasteiger partial charge in [-0.25, -0.2) is 9.48 Å². The molecule has 0 aliphatic heterocycles. The lowest BCUT2D eigenvalue weighted by atomic mass is 9.92. The third-order valence-electron chi connectivity index (χ3n) is 2.51. The van der Waals surface area contributed by atoms with Gasteiger partial charge in [0.05, 0.1) is 17.6 Å². The normalized spacial score (nSPS) is 11.1. The van der Waals surface area contributed by atoms with Crippen LogP contribution >= 0.6 is 0 Å². The minimum Gasteiger partial charge on any atom is -0.262 e. The van der Waals surface area contributed by atoms with Crippen molar-refractivity contribution in [3.8, 4) is 5.69 Å². The summed E-state index contributed by atoms with van der Waals surface area (Å²) in [5.41, 5.74) is 1.52. The topological polar surface area (TPSA) is 60.1 Å². The van der Waals surface area contributed by atoms with Crippen LogP contribution in [-0.2, 0) is 10.2 Å². The van der Waals surface area contributed by atoms with Crippen LogP contribution in [0.15, 0.2) is 35.6 Å². The number of aliphatic imine (C=N–C) groups is 1. The Kier molecular flexibility index (Phi) is 3.08. The number of hydrogen-bond donors (Lipinski definition) is 0. The standard InChI is InChI=1S/C13H14N4O/c1-13(2,3)11-7-12(15-9-18)17(16-11)10-5-4-6-14-8-10/h4-8H,1-3H3. The molecule has 2 aromatic rings. The summed E-state index contributed by atoms with van der Waals surface area (Å²) in [6, 6.07) is 5.45. The summed E-state index contributed by atoms with van der Waals surface area (Å²) in [6.45, 7) is 6.16. The van der Waals surface area contributed by atoms with Crippen molar-refractivity contribution in [1.82, 2.24) is 14.8 Å². The Labute approximate surface area is 105 Å². The molecular weight excluding hydrogens is 228 g/mol. The van der Waals surface area contributed by atoms with Crippen molar-refractivity contribution in [1.29, 1.82) is 0 Å². The van der Waals surface area contributed by atoms with Crippen LogP contribution in [0.3, 0.4) is 0 Å². The average Bonchev–Trinajstić information content (AvgIpc) is 2.75. The van der Waals surface area contributed by atoms with Gasteiger partial charge in [0.1, 0.15) is 0 Å². The van der Waals surface area contributed by atoms with E-state index in [-0.39, 0.29) is 5.41 Å². The van der Waals surface area contributed by atoms with E-state index in [1.807, 2.05) is 12.1 Å². The SMILES string of the molecule is CC(C)(C)c1cc(N=C=O)n(-c2cccnc2)n1. The fraction of sp³-hybridized carbons (Fsp3) is 0.308. The number of aromatic nitrogens is 3. The van der Waals surface area contributed by atoms with E-state index in [4.69, 9.17) is 0 Å². The van der Waals surface area contributed by atoms with Gasteiger partial charge in [-0.05, 0) is 12.1 Å². The molecular formula is C13H14N4O. The Hall–Kier alpha value is -2.26. The zero-order valence-electron chi connectivity index (χ0n) is 10.6. The van der Waals surface area contributed by atoms with Crippen molar-refractivity contribution in [2.75, 3.05) is 0 Å². The zero-order chi connectivity index (χ0) is 13.2. The fourth-order valence-corrected chi connectivity index (χ4v) is 1.53. The van der Waals surface area contributed by atoms with Gasteiger partial charge >= 0.3 is 0 Å². The van der Waals surface area contributed by atoms with Crippen molar-refractivity contribution in [2.45, 2.75) is 26.2 Å². The molecule has 2 aromatic heterocycles. The largest absolute Gasteiger partial charge is 0.262 e. The second-order valence-electron chi connectivity index (χ2n) is 4.96. The average molecular weight is 242 g/mol. The van der Waals surface area contributed by atoms with Crippen molar-refractivity contribution in [3.05, 3.63) is 36.3 Å². The predicted molar refractivity (Wildman–Crippen MR) is 67.8 cm³/mol. The molecule has 0 aliphatic carbocycles. The van der Waals surface area contributed by atoms with E-state index in [0.717, 1.165) is 11.4 Å². The lowest BCUT2D eigenvalue weighted by Crippen LogP contribution is -2.12. The highest BCUT2D eigenvalue weighted by Crippen LogP contribution is 2.27. The molecule has 2 heterocycles. The molecule has 18 heavy (non-hydrogen) atoms. The molecule has 0 saturated carbocycles. The maximum Gasteiger partial charge on any atom is 0.242 e. The summed E-state index contributed by atoms with van der Waals surface area (Å²) in [5.74, 6) is 0.461. The Balaban J connectivity index is 2.59. The first-order chi connectivity index (χ1) is 8.52. The summed E-state index contributed by atoms with van der Waals surface area (Å²) in [4.78, 5) is 18.2. The van der Waals surface area contributed by atoms with Gasteiger partial charge < -0.3 is 0 Å². The molecule has 0 aliphatic rings. The van der Waals surface area contributed by atoms with Gasteiger partial charge in [-0.1, -0.05) is 20.8 Å². The third kappa shape index (κ3) is 2.36. The van der Waals surface area contributed by atoms with Crippen molar-refractivity contribution in [2.24, 2.45) is 4.99 Å². The lowest BCUT2D eigenvalue weighted by molar-refractivity contribution is 0.560. The summed E-state index contributed by atoms with van der Waals surface area (Å²) in [7, 11) is 0. The first kappa shape index (κ1) is 12.2. The van der Waals surface area contributed by atoms with Crippen LogP contribution in [0.1, 0.15) is 26.5 Å². The number of carbonyl (C=O) groups excluding carboxylic acids is 1. The maximum atomic E-state index is 10.5. The molecule has 0 spiro atoms. The van der Waals surface area contributed by atoms with Gasteiger partial charge in [0.25, 0.3) is 0 Å². The maximum absolute atomic E-state index is 10.5. The van der Waals surface area contributed by atoms with Crippen molar-refractivity contribution >= 4 is 11.9 Å². The molecule has 0 N–H and O–H groups in total.